The van der Waals surface area contributed by atoms with E-state index in [1.54, 1.807) is 37.3 Å². The van der Waals surface area contributed by atoms with Crippen molar-refractivity contribution >= 4 is 34.8 Å². The van der Waals surface area contributed by atoms with Crippen LogP contribution in [0, 0.1) is 6.92 Å². The third-order valence-corrected chi connectivity index (χ3v) is 2.88. The topological polar surface area (TPSA) is 42.0 Å². The highest BCUT2D eigenvalue weighted by Gasteiger charge is 2.12. The van der Waals surface area contributed by atoms with Gasteiger partial charge in [0.2, 0.25) is 0 Å². The summed E-state index contributed by atoms with van der Waals surface area (Å²) < 4.78 is 0. The van der Waals surface area contributed by atoms with Crippen LogP contribution >= 0.6 is 23.2 Å². The normalized spacial score (nSPS) is 10.2. The Morgan fingerprint density at radius 3 is 2.50 bits per heavy atom. The maximum absolute atomic E-state index is 12.0. The van der Waals surface area contributed by atoms with E-state index in [-0.39, 0.29) is 11.1 Å². The van der Waals surface area contributed by atoms with Gasteiger partial charge in [-0.2, -0.15) is 0 Å². The van der Waals surface area contributed by atoms with Gasteiger partial charge in [0.25, 0.3) is 5.91 Å². The summed E-state index contributed by atoms with van der Waals surface area (Å²) in [6.45, 7) is 1.81. The van der Waals surface area contributed by atoms with Gasteiger partial charge in [-0.15, -0.1) is 0 Å². The molecule has 0 saturated heterocycles. The minimum absolute atomic E-state index is 0.185. The quantitative estimate of drug-likeness (QED) is 0.847. The number of carbonyl (C=O) groups excluding carboxylic acids is 1. The van der Waals surface area contributed by atoms with Gasteiger partial charge in [-0.25, -0.2) is 4.98 Å². The highest BCUT2D eigenvalue weighted by Crippen LogP contribution is 2.26. The van der Waals surface area contributed by atoms with Gasteiger partial charge < -0.3 is 5.32 Å². The highest BCUT2D eigenvalue weighted by molar-refractivity contribution is 6.35. The number of benzene rings is 1. The van der Waals surface area contributed by atoms with Gasteiger partial charge in [0, 0.05) is 5.56 Å². The number of nitrogens with zero attached hydrogens (tertiary/aromatic N) is 1. The zero-order chi connectivity index (χ0) is 13.1. The van der Waals surface area contributed by atoms with Crippen molar-refractivity contribution in [2.45, 2.75) is 6.92 Å². The molecule has 0 fully saturated rings. The Hall–Kier alpha value is -1.58. The van der Waals surface area contributed by atoms with Crippen LogP contribution in [0.5, 0.6) is 0 Å². The molecule has 3 nitrogen and oxygen atoms in total. The van der Waals surface area contributed by atoms with Crippen molar-refractivity contribution in [1.29, 1.82) is 0 Å². The second-order valence-electron chi connectivity index (χ2n) is 3.75. The number of aromatic nitrogens is 1. The molecule has 0 bridgehead atoms. The predicted molar refractivity (Wildman–Crippen MR) is 73.4 cm³/mol. The number of rotatable bonds is 2. The number of pyridine rings is 1. The Labute approximate surface area is 115 Å². The molecule has 0 atom stereocenters. The van der Waals surface area contributed by atoms with Gasteiger partial charge in [-0.05, 0) is 30.7 Å². The minimum Gasteiger partial charge on any atom is -0.319 e. The zero-order valence-corrected chi connectivity index (χ0v) is 11.1. The Morgan fingerprint density at radius 2 is 1.89 bits per heavy atom. The first-order valence-electron chi connectivity index (χ1n) is 5.27. The van der Waals surface area contributed by atoms with E-state index in [0.29, 0.717) is 16.4 Å². The smallest absolute Gasteiger partial charge is 0.255 e. The number of halogens is 2. The monoisotopic (exact) mass is 280 g/mol. The largest absolute Gasteiger partial charge is 0.319 e. The first-order chi connectivity index (χ1) is 8.58. The van der Waals surface area contributed by atoms with Crippen LogP contribution in [0.15, 0.2) is 36.4 Å². The summed E-state index contributed by atoms with van der Waals surface area (Å²) in [5.41, 5.74) is 1.81. The van der Waals surface area contributed by atoms with Gasteiger partial charge in [-0.3, -0.25) is 4.79 Å². The van der Waals surface area contributed by atoms with Crippen LogP contribution in [0.3, 0.4) is 0 Å². The molecule has 18 heavy (non-hydrogen) atoms. The first-order valence-corrected chi connectivity index (χ1v) is 6.02. The van der Waals surface area contributed by atoms with E-state index in [0.717, 1.165) is 5.56 Å². The fourth-order valence-electron chi connectivity index (χ4n) is 1.52. The van der Waals surface area contributed by atoms with Crippen LogP contribution < -0.4 is 5.32 Å². The SMILES string of the molecule is Cc1cc(Cl)nc(Cl)c1NC(=O)c1ccccc1. The van der Waals surface area contributed by atoms with E-state index in [1.807, 2.05) is 6.07 Å². The maximum Gasteiger partial charge on any atom is 0.255 e. The van der Waals surface area contributed by atoms with Crippen LogP contribution in [0.1, 0.15) is 15.9 Å². The molecule has 5 heteroatoms. The average Bonchev–Trinajstić information content (AvgIpc) is 2.34. The van der Waals surface area contributed by atoms with E-state index >= 15 is 0 Å². The van der Waals surface area contributed by atoms with Crippen molar-refractivity contribution < 1.29 is 4.79 Å². The molecule has 1 amide bonds. The summed E-state index contributed by atoms with van der Waals surface area (Å²) in [4.78, 5) is 15.9. The lowest BCUT2D eigenvalue weighted by Gasteiger charge is -2.10. The van der Waals surface area contributed by atoms with Crippen molar-refractivity contribution in [1.82, 2.24) is 4.98 Å². The highest BCUT2D eigenvalue weighted by atomic mass is 35.5. The van der Waals surface area contributed by atoms with E-state index in [4.69, 9.17) is 23.2 Å². The molecule has 1 heterocycles. The number of hydrogen-bond acceptors (Lipinski definition) is 2. The molecule has 1 aromatic heterocycles. The third kappa shape index (κ3) is 2.81. The molecule has 92 valence electrons. The summed E-state index contributed by atoms with van der Waals surface area (Å²) in [6.07, 6.45) is 0. The molecule has 0 aliphatic rings. The Bertz CT molecular complexity index is 562. The lowest BCUT2D eigenvalue weighted by Crippen LogP contribution is -2.13. The summed E-state index contributed by atoms with van der Waals surface area (Å²) in [7, 11) is 0. The van der Waals surface area contributed by atoms with Crippen LogP contribution in [-0.2, 0) is 0 Å². The molecule has 0 radical (unpaired) electrons. The van der Waals surface area contributed by atoms with Gasteiger partial charge in [0.1, 0.15) is 5.15 Å². The third-order valence-electron chi connectivity index (χ3n) is 2.42. The number of aryl methyl sites for hydroxylation is 1. The molecule has 0 unspecified atom stereocenters. The standard InChI is InChI=1S/C13H10Cl2N2O/c1-8-7-10(14)16-12(15)11(8)17-13(18)9-5-3-2-4-6-9/h2-7H,1H3,(H,17,18). The number of carbonyl (C=O) groups is 1. The average molecular weight is 281 g/mol. The molecule has 1 N–H and O–H groups in total. The fourth-order valence-corrected chi connectivity index (χ4v) is 2.10. The second-order valence-corrected chi connectivity index (χ2v) is 4.49. The van der Waals surface area contributed by atoms with Gasteiger partial charge in [-0.1, -0.05) is 41.4 Å². The van der Waals surface area contributed by atoms with Crippen LogP contribution in [0.4, 0.5) is 5.69 Å². The molecule has 2 aromatic rings. The maximum atomic E-state index is 12.0. The van der Waals surface area contributed by atoms with Crippen LogP contribution in [0.2, 0.25) is 10.3 Å². The number of hydrogen-bond donors (Lipinski definition) is 1. The summed E-state index contributed by atoms with van der Waals surface area (Å²) in [5, 5.41) is 3.22. The van der Waals surface area contributed by atoms with Crippen molar-refractivity contribution in [3.8, 4) is 0 Å². The van der Waals surface area contributed by atoms with E-state index in [9.17, 15) is 4.79 Å². The van der Waals surface area contributed by atoms with Crippen molar-refractivity contribution in [3.05, 3.63) is 57.8 Å². The second kappa shape index (κ2) is 5.38. The minimum atomic E-state index is -0.232. The van der Waals surface area contributed by atoms with E-state index < -0.39 is 0 Å². The molecule has 0 saturated carbocycles. The number of anilines is 1. The van der Waals surface area contributed by atoms with Crippen molar-refractivity contribution in [2.24, 2.45) is 0 Å². The Kier molecular flexibility index (Phi) is 3.84. The molecular weight excluding hydrogens is 271 g/mol. The Morgan fingerprint density at radius 1 is 1.22 bits per heavy atom. The molecule has 1 aromatic carbocycles. The molecular formula is C13H10Cl2N2O. The summed E-state index contributed by atoms with van der Waals surface area (Å²) in [5.74, 6) is -0.232. The lowest BCUT2D eigenvalue weighted by atomic mass is 10.2. The summed E-state index contributed by atoms with van der Waals surface area (Å²) >= 11 is 11.7. The molecule has 0 aliphatic carbocycles. The Balaban J connectivity index is 2.28. The van der Waals surface area contributed by atoms with Crippen LogP contribution in [0.25, 0.3) is 0 Å². The van der Waals surface area contributed by atoms with Gasteiger partial charge >= 0.3 is 0 Å². The van der Waals surface area contributed by atoms with E-state index in [2.05, 4.69) is 10.3 Å². The van der Waals surface area contributed by atoms with Crippen molar-refractivity contribution in [2.75, 3.05) is 5.32 Å². The van der Waals surface area contributed by atoms with E-state index in [1.165, 1.54) is 0 Å². The van der Waals surface area contributed by atoms with Crippen LogP contribution in [-0.4, -0.2) is 10.9 Å². The number of nitrogens with one attached hydrogen (secondary N) is 1. The predicted octanol–water partition coefficient (Wildman–Crippen LogP) is 3.95. The van der Waals surface area contributed by atoms with Gasteiger partial charge in [0.05, 0.1) is 5.69 Å². The lowest BCUT2D eigenvalue weighted by molar-refractivity contribution is 0.102. The zero-order valence-electron chi connectivity index (χ0n) is 9.58. The van der Waals surface area contributed by atoms with Gasteiger partial charge in [0.15, 0.2) is 5.15 Å². The molecule has 0 aliphatic heterocycles. The van der Waals surface area contributed by atoms with Crippen molar-refractivity contribution in [3.63, 3.8) is 0 Å². The first kappa shape index (κ1) is 12.9. The fraction of sp³-hybridized carbons (Fsp3) is 0.0769. The molecule has 0 spiro atoms. The number of amides is 1. The molecule has 2 rings (SSSR count). The summed E-state index contributed by atoms with van der Waals surface area (Å²) in [6, 6.07) is 10.5.